The molecule has 2 amide bonds. The Morgan fingerprint density at radius 2 is 1.94 bits per heavy atom. The summed E-state index contributed by atoms with van der Waals surface area (Å²) in [6.45, 7) is -0.0472. The van der Waals surface area contributed by atoms with E-state index in [2.05, 4.69) is 20.4 Å². The number of hydrogen-bond acceptors (Lipinski definition) is 5. The van der Waals surface area contributed by atoms with Gasteiger partial charge < -0.3 is 5.32 Å². The van der Waals surface area contributed by atoms with Crippen LogP contribution < -0.4 is 10.2 Å². The van der Waals surface area contributed by atoms with Crippen molar-refractivity contribution in [2.45, 2.75) is 24.7 Å². The summed E-state index contributed by atoms with van der Waals surface area (Å²) in [6, 6.07) is 2.83. The Balaban J connectivity index is 1.78. The highest BCUT2D eigenvalue weighted by molar-refractivity contribution is 6.29. The number of urea groups is 1. The van der Waals surface area contributed by atoms with Crippen molar-refractivity contribution in [2.24, 2.45) is 0 Å². The molecular weight excluding hydrogens is 480 g/mol. The average Bonchev–Trinajstić information content (AvgIpc) is 3.24. The molecule has 0 spiro atoms. The highest BCUT2D eigenvalue weighted by Crippen LogP contribution is 2.50. The van der Waals surface area contributed by atoms with Gasteiger partial charge in [-0.05, 0) is 19.1 Å². The lowest BCUT2D eigenvalue weighted by atomic mass is 9.88. The number of rotatable bonds is 1. The number of nitrogens with one attached hydrogen (secondary N) is 1. The molecule has 172 valence electrons. The third-order valence-electron chi connectivity index (χ3n) is 5.07. The van der Waals surface area contributed by atoms with Crippen LogP contribution in [0.15, 0.2) is 24.4 Å². The van der Waals surface area contributed by atoms with Crippen molar-refractivity contribution in [2.75, 3.05) is 16.8 Å². The lowest BCUT2D eigenvalue weighted by Gasteiger charge is -2.28. The normalized spacial score (nSPS) is 18.3. The van der Waals surface area contributed by atoms with Gasteiger partial charge >= 0.3 is 18.4 Å². The van der Waals surface area contributed by atoms with E-state index in [9.17, 15) is 31.1 Å². The molecule has 1 aliphatic rings. The molecule has 1 atom stereocenters. The fourth-order valence-corrected chi connectivity index (χ4v) is 3.66. The number of nitriles is 1. The maximum Gasteiger partial charge on any atom is 0.433 e. The van der Waals surface area contributed by atoms with Crippen molar-refractivity contribution in [3.63, 3.8) is 0 Å². The van der Waals surface area contributed by atoms with Crippen molar-refractivity contribution >= 4 is 34.7 Å². The number of carbonyl (C=O) groups is 1. The van der Waals surface area contributed by atoms with Gasteiger partial charge in [0, 0.05) is 18.3 Å². The Morgan fingerprint density at radius 3 is 2.55 bits per heavy atom. The summed E-state index contributed by atoms with van der Waals surface area (Å²) in [5.41, 5.74) is -5.82. The van der Waals surface area contributed by atoms with Crippen LogP contribution in [0.1, 0.15) is 24.0 Å². The summed E-state index contributed by atoms with van der Waals surface area (Å²) >= 11 is 5.81. The zero-order valence-corrected chi connectivity index (χ0v) is 17.0. The van der Waals surface area contributed by atoms with Crippen LogP contribution in [0.5, 0.6) is 0 Å². The third-order valence-corrected chi connectivity index (χ3v) is 5.26. The minimum atomic E-state index is -4.92. The first-order valence-electron chi connectivity index (χ1n) is 8.94. The van der Waals surface area contributed by atoms with Gasteiger partial charge in [-0.3, -0.25) is 4.90 Å². The summed E-state index contributed by atoms with van der Waals surface area (Å²) in [4.78, 5) is 20.6. The fraction of sp³-hybridized carbons (Fsp3) is 0.278. The summed E-state index contributed by atoms with van der Waals surface area (Å²) in [5, 5.41) is 14.7. The minimum absolute atomic E-state index is 0.0131. The SMILES string of the molecule is C[C@@]1(C(F)(F)F)CN(C(=O)Nc2cc(C#N)nc(C(F)(F)F)c2)c2cnc3cc(Cl)nn3c21. The van der Waals surface area contributed by atoms with E-state index < -0.39 is 53.1 Å². The molecule has 1 N–H and O–H groups in total. The van der Waals surface area contributed by atoms with E-state index in [-0.39, 0.29) is 16.5 Å². The summed E-state index contributed by atoms with van der Waals surface area (Å²) in [5.74, 6) is 0. The number of nitrogens with zero attached hydrogens (tertiary/aromatic N) is 6. The molecule has 4 heterocycles. The van der Waals surface area contributed by atoms with E-state index in [1.807, 2.05) is 0 Å². The molecule has 3 aromatic heterocycles. The first-order valence-corrected chi connectivity index (χ1v) is 9.32. The molecule has 0 unspecified atom stereocenters. The van der Waals surface area contributed by atoms with Gasteiger partial charge in [0.25, 0.3) is 0 Å². The molecule has 8 nitrogen and oxygen atoms in total. The number of pyridine rings is 1. The molecule has 0 fully saturated rings. The van der Waals surface area contributed by atoms with Gasteiger partial charge in [-0.25, -0.2) is 19.3 Å². The van der Waals surface area contributed by atoms with E-state index in [0.717, 1.165) is 23.7 Å². The highest BCUT2D eigenvalue weighted by Gasteiger charge is 2.60. The van der Waals surface area contributed by atoms with Gasteiger partial charge in [-0.2, -0.15) is 36.7 Å². The zero-order valence-electron chi connectivity index (χ0n) is 16.3. The molecule has 0 radical (unpaired) electrons. The van der Waals surface area contributed by atoms with E-state index >= 15 is 0 Å². The number of amides is 2. The number of alkyl halides is 6. The maximum atomic E-state index is 14.1. The second-order valence-corrected chi connectivity index (χ2v) is 7.70. The smallest absolute Gasteiger partial charge is 0.307 e. The number of anilines is 2. The van der Waals surface area contributed by atoms with Crippen LogP contribution in [0.3, 0.4) is 0 Å². The Hall–Kier alpha value is -3.60. The van der Waals surface area contributed by atoms with E-state index in [1.54, 1.807) is 0 Å². The van der Waals surface area contributed by atoms with Crippen molar-refractivity contribution < 1.29 is 31.1 Å². The lowest BCUT2D eigenvalue weighted by Crippen LogP contribution is -2.46. The zero-order chi connectivity index (χ0) is 24.3. The fourth-order valence-electron chi connectivity index (χ4n) is 3.49. The molecule has 0 aliphatic carbocycles. The van der Waals surface area contributed by atoms with Crippen LogP contribution in [0.25, 0.3) is 5.65 Å². The highest BCUT2D eigenvalue weighted by atomic mass is 35.5. The predicted molar refractivity (Wildman–Crippen MR) is 102 cm³/mol. The Kier molecular flexibility index (Phi) is 4.93. The predicted octanol–water partition coefficient (Wildman–Crippen LogP) is 4.54. The van der Waals surface area contributed by atoms with Gasteiger partial charge in [0.2, 0.25) is 0 Å². The largest absolute Gasteiger partial charge is 0.433 e. The van der Waals surface area contributed by atoms with Crippen LogP contribution in [0.2, 0.25) is 5.15 Å². The molecular formula is C18H10ClF6N7O. The number of fused-ring (bicyclic) bond motifs is 3. The van der Waals surface area contributed by atoms with Gasteiger partial charge in [0.05, 0.1) is 17.6 Å². The van der Waals surface area contributed by atoms with Crippen molar-refractivity contribution in [3.05, 3.63) is 46.6 Å². The molecule has 4 rings (SSSR count). The van der Waals surface area contributed by atoms with Gasteiger partial charge in [-0.15, -0.1) is 0 Å². The quantitative estimate of drug-likeness (QED) is 0.506. The molecule has 0 bridgehead atoms. The molecule has 0 saturated heterocycles. The average molecular weight is 490 g/mol. The number of carbonyl (C=O) groups excluding carboxylic acids is 1. The van der Waals surface area contributed by atoms with Crippen LogP contribution in [-0.4, -0.2) is 38.3 Å². The second-order valence-electron chi connectivity index (χ2n) is 7.31. The van der Waals surface area contributed by atoms with E-state index in [1.165, 1.54) is 12.1 Å². The summed E-state index contributed by atoms with van der Waals surface area (Å²) < 4.78 is 82.3. The Labute approximate surface area is 185 Å². The molecule has 33 heavy (non-hydrogen) atoms. The van der Waals surface area contributed by atoms with Crippen LogP contribution in [-0.2, 0) is 11.6 Å². The van der Waals surface area contributed by atoms with Crippen LogP contribution in [0.4, 0.5) is 42.5 Å². The van der Waals surface area contributed by atoms with Crippen molar-refractivity contribution in [1.29, 1.82) is 5.26 Å². The topological polar surface area (TPSA) is 99.2 Å². The molecule has 0 saturated carbocycles. The van der Waals surface area contributed by atoms with Crippen LogP contribution in [0, 0.1) is 11.3 Å². The second kappa shape index (κ2) is 7.20. The molecule has 1 aliphatic heterocycles. The Morgan fingerprint density at radius 1 is 1.24 bits per heavy atom. The third kappa shape index (κ3) is 3.67. The minimum Gasteiger partial charge on any atom is -0.307 e. The summed E-state index contributed by atoms with van der Waals surface area (Å²) in [6.07, 6.45) is -8.73. The monoisotopic (exact) mass is 489 g/mol. The van der Waals surface area contributed by atoms with E-state index in [0.29, 0.717) is 11.0 Å². The van der Waals surface area contributed by atoms with Crippen LogP contribution >= 0.6 is 11.6 Å². The van der Waals surface area contributed by atoms with Crippen molar-refractivity contribution in [1.82, 2.24) is 19.6 Å². The molecule has 3 aromatic rings. The van der Waals surface area contributed by atoms with E-state index in [4.69, 9.17) is 16.9 Å². The number of hydrogen-bond donors (Lipinski definition) is 1. The molecule has 0 aromatic carbocycles. The van der Waals surface area contributed by atoms with Gasteiger partial charge in [0.1, 0.15) is 22.9 Å². The Bertz CT molecular complexity index is 1330. The first-order chi connectivity index (χ1) is 15.2. The van der Waals surface area contributed by atoms with Gasteiger partial charge in [0.15, 0.2) is 10.8 Å². The van der Waals surface area contributed by atoms with Gasteiger partial charge in [-0.1, -0.05) is 11.6 Å². The molecule has 15 heteroatoms. The standard InChI is InChI=1S/C18H10ClF6N7O/c1-16(18(23,24)25)7-31(10-6-27-13-4-12(19)30-32(13)14(10)16)15(33)29-8-2-9(5-26)28-11(3-8)17(20,21)22/h2-4,6H,7H2,1H3,(H,28,29,33)/t16-/m1/s1. The number of aromatic nitrogens is 4. The summed E-state index contributed by atoms with van der Waals surface area (Å²) in [7, 11) is 0. The lowest BCUT2D eigenvalue weighted by molar-refractivity contribution is -0.181. The number of halogens is 7. The first kappa shape index (κ1) is 22.6. The van der Waals surface area contributed by atoms with Crippen molar-refractivity contribution in [3.8, 4) is 6.07 Å². The maximum absolute atomic E-state index is 14.1.